The third kappa shape index (κ3) is 3.30. The molecule has 0 radical (unpaired) electrons. The minimum atomic E-state index is -3.91. The lowest BCUT2D eigenvalue weighted by atomic mass is 9.99. The van der Waals surface area contributed by atoms with Crippen LogP contribution in [0.1, 0.15) is 5.56 Å². The number of nitrogens with one attached hydrogen (secondary N) is 2. The number of anilines is 1. The Morgan fingerprint density at radius 1 is 0.821 bits per heavy atom. The number of aryl methyl sites for hydroxylation is 1. The van der Waals surface area contributed by atoms with Crippen LogP contribution in [0.15, 0.2) is 88.6 Å². The number of para-hydroxylation sites is 1. The predicted octanol–water partition coefficient (Wildman–Crippen LogP) is 4.30. The minimum absolute atomic E-state index is 0.00593. The second-order valence-electron chi connectivity index (χ2n) is 6.53. The highest BCUT2D eigenvalue weighted by Crippen LogP contribution is 2.33. The van der Waals surface area contributed by atoms with Crippen molar-refractivity contribution in [1.29, 1.82) is 0 Å². The molecule has 0 saturated carbocycles. The van der Waals surface area contributed by atoms with Gasteiger partial charge in [-0.1, -0.05) is 66.2 Å². The van der Waals surface area contributed by atoms with E-state index in [1.165, 1.54) is 12.1 Å². The molecule has 0 amide bonds. The third-order valence-corrected chi connectivity index (χ3v) is 5.92. The van der Waals surface area contributed by atoms with Crippen LogP contribution in [0, 0.1) is 6.92 Å². The minimum Gasteiger partial charge on any atom is -0.320 e. The summed E-state index contributed by atoms with van der Waals surface area (Å²) in [5, 5.41) is 0.761. The van der Waals surface area contributed by atoms with Gasteiger partial charge in [-0.05, 0) is 30.7 Å². The van der Waals surface area contributed by atoms with E-state index in [-0.39, 0.29) is 10.6 Å². The highest BCUT2D eigenvalue weighted by atomic mass is 32.2. The van der Waals surface area contributed by atoms with Crippen molar-refractivity contribution in [3.05, 3.63) is 94.8 Å². The van der Waals surface area contributed by atoms with Crippen LogP contribution in [0.2, 0.25) is 0 Å². The Kier molecular flexibility index (Phi) is 4.49. The van der Waals surface area contributed by atoms with Gasteiger partial charge in [0.05, 0.1) is 4.90 Å². The van der Waals surface area contributed by atoms with E-state index in [2.05, 4.69) is 9.71 Å². The Bertz CT molecular complexity index is 1310. The third-order valence-electron chi connectivity index (χ3n) is 4.55. The SMILES string of the molecule is Cc1ccc(-c2c(NS(=O)(=O)c3ccccc3)c(=O)[nH]c3ccccc23)cc1. The number of hydrogen-bond acceptors (Lipinski definition) is 3. The van der Waals surface area contributed by atoms with Crippen molar-refractivity contribution in [2.45, 2.75) is 11.8 Å². The first kappa shape index (κ1) is 18.0. The zero-order valence-corrected chi connectivity index (χ0v) is 16.0. The molecule has 0 aliphatic rings. The zero-order chi connectivity index (χ0) is 19.7. The first-order chi connectivity index (χ1) is 13.5. The fraction of sp³-hybridized carbons (Fsp3) is 0.0455. The Labute approximate surface area is 162 Å². The van der Waals surface area contributed by atoms with Crippen LogP contribution in [-0.2, 0) is 10.0 Å². The molecule has 0 atom stereocenters. The summed E-state index contributed by atoms with van der Waals surface area (Å²) in [6, 6.07) is 23.0. The molecule has 0 unspecified atom stereocenters. The summed E-state index contributed by atoms with van der Waals surface area (Å²) < 4.78 is 28.2. The van der Waals surface area contributed by atoms with Gasteiger partial charge in [0.2, 0.25) is 0 Å². The normalized spacial score (nSPS) is 11.5. The van der Waals surface area contributed by atoms with Crippen molar-refractivity contribution < 1.29 is 8.42 Å². The highest BCUT2D eigenvalue weighted by molar-refractivity contribution is 7.92. The number of aromatic amines is 1. The molecule has 0 aliphatic carbocycles. The number of sulfonamides is 1. The van der Waals surface area contributed by atoms with E-state index in [9.17, 15) is 13.2 Å². The van der Waals surface area contributed by atoms with E-state index >= 15 is 0 Å². The molecule has 0 aliphatic heterocycles. The van der Waals surface area contributed by atoms with Crippen molar-refractivity contribution in [1.82, 2.24) is 4.98 Å². The number of H-pyrrole nitrogens is 1. The second kappa shape index (κ2) is 6.98. The summed E-state index contributed by atoms with van der Waals surface area (Å²) in [6.45, 7) is 1.97. The van der Waals surface area contributed by atoms with E-state index in [0.717, 1.165) is 16.5 Å². The van der Waals surface area contributed by atoms with Crippen LogP contribution < -0.4 is 10.3 Å². The number of fused-ring (bicyclic) bond motifs is 1. The fourth-order valence-corrected chi connectivity index (χ4v) is 4.25. The molecular formula is C22H18N2O3S. The number of rotatable bonds is 4. The van der Waals surface area contributed by atoms with Crippen LogP contribution in [0.5, 0.6) is 0 Å². The van der Waals surface area contributed by atoms with E-state index in [0.29, 0.717) is 11.1 Å². The average molecular weight is 390 g/mol. The van der Waals surface area contributed by atoms with Crippen LogP contribution in [0.25, 0.3) is 22.0 Å². The molecule has 28 heavy (non-hydrogen) atoms. The van der Waals surface area contributed by atoms with Gasteiger partial charge in [-0.15, -0.1) is 0 Å². The summed E-state index contributed by atoms with van der Waals surface area (Å²) in [4.78, 5) is 15.7. The Morgan fingerprint density at radius 2 is 1.46 bits per heavy atom. The smallest absolute Gasteiger partial charge is 0.273 e. The first-order valence-corrected chi connectivity index (χ1v) is 10.2. The van der Waals surface area contributed by atoms with E-state index in [1.807, 2.05) is 49.4 Å². The van der Waals surface area contributed by atoms with Crippen LogP contribution in [0.3, 0.4) is 0 Å². The maximum atomic E-state index is 12.9. The molecule has 6 heteroatoms. The quantitative estimate of drug-likeness (QED) is 0.545. The van der Waals surface area contributed by atoms with Gasteiger partial charge in [-0.3, -0.25) is 9.52 Å². The monoisotopic (exact) mass is 390 g/mol. The summed E-state index contributed by atoms with van der Waals surface area (Å²) in [5.74, 6) is 0. The molecule has 1 heterocycles. The molecule has 1 aromatic heterocycles. The van der Waals surface area contributed by atoms with Crippen molar-refractivity contribution in [2.24, 2.45) is 0 Å². The number of hydrogen-bond donors (Lipinski definition) is 2. The molecule has 0 fully saturated rings. The molecule has 0 saturated heterocycles. The Balaban J connectivity index is 1.98. The van der Waals surface area contributed by atoms with Gasteiger partial charge in [-0.2, -0.15) is 0 Å². The molecule has 2 N–H and O–H groups in total. The Morgan fingerprint density at radius 3 is 2.18 bits per heavy atom. The maximum absolute atomic E-state index is 12.9. The van der Waals surface area contributed by atoms with E-state index in [4.69, 9.17) is 0 Å². The summed E-state index contributed by atoms with van der Waals surface area (Å²) >= 11 is 0. The zero-order valence-electron chi connectivity index (χ0n) is 15.1. The average Bonchev–Trinajstić information content (AvgIpc) is 2.70. The lowest BCUT2D eigenvalue weighted by molar-refractivity contribution is 0.601. The number of benzene rings is 3. The van der Waals surface area contributed by atoms with Crippen molar-refractivity contribution in [3.63, 3.8) is 0 Å². The molecule has 0 spiro atoms. The lowest BCUT2D eigenvalue weighted by Crippen LogP contribution is -2.21. The topological polar surface area (TPSA) is 79.0 Å². The molecule has 5 nitrogen and oxygen atoms in total. The number of pyridine rings is 1. The molecule has 0 bridgehead atoms. The molecule has 3 aromatic carbocycles. The molecule has 4 aromatic rings. The summed E-state index contributed by atoms with van der Waals surface area (Å²) in [5.41, 5.74) is 2.55. The maximum Gasteiger partial charge on any atom is 0.273 e. The fourth-order valence-electron chi connectivity index (χ4n) is 3.15. The standard InChI is InChI=1S/C22H18N2O3S/c1-15-11-13-16(14-12-15)20-18-9-5-6-10-19(18)23-22(25)21(20)24-28(26,27)17-7-3-2-4-8-17/h2-14,24H,1H3,(H,23,25). The van der Waals surface area contributed by atoms with Crippen molar-refractivity contribution in [3.8, 4) is 11.1 Å². The van der Waals surface area contributed by atoms with Crippen LogP contribution in [0.4, 0.5) is 5.69 Å². The summed E-state index contributed by atoms with van der Waals surface area (Å²) in [7, 11) is -3.91. The lowest BCUT2D eigenvalue weighted by Gasteiger charge is -2.15. The van der Waals surface area contributed by atoms with Crippen molar-refractivity contribution in [2.75, 3.05) is 4.72 Å². The van der Waals surface area contributed by atoms with Crippen LogP contribution in [-0.4, -0.2) is 13.4 Å². The van der Waals surface area contributed by atoms with Gasteiger partial charge in [0.1, 0.15) is 5.69 Å². The van der Waals surface area contributed by atoms with Gasteiger partial charge in [0, 0.05) is 16.5 Å². The second-order valence-corrected chi connectivity index (χ2v) is 8.22. The molecule has 4 rings (SSSR count). The Hall–Kier alpha value is -3.38. The van der Waals surface area contributed by atoms with E-state index in [1.54, 1.807) is 24.3 Å². The predicted molar refractivity (Wildman–Crippen MR) is 112 cm³/mol. The van der Waals surface area contributed by atoms with Gasteiger partial charge < -0.3 is 4.98 Å². The van der Waals surface area contributed by atoms with Crippen LogP contribution >= 0.6 is 0 Å². The van der Waals surface area contributed by atoms with Gasteiger partial charge in [0.25, 0.3) is 15.6 Å². The van der Waals surface area contributed by atoms with E-state index < -0.39 is 15.6 Å². The van der Waals surface area contributed by atoms with Gasteiger partial charge in [-0.25, -0.2) is 8.42 Å². The van der Waals surface area contributed by atoms with Gasteiger partial charge >= 0.3 is 0 Å². The largest absolute Gasteiger partial charge is 0.320 e. The molecule has 140 valence electrons. The van der Waals surface area contributed by atoms with Crippen molar-refractivity contribution >= 4 is 26.6 Å². The first-order valence-electron chi connectivity index (χ1n) is 8.76. The summed E-state index contributed by atoms with van der Waals surface area (Å²) in [6.07, 6.45) is 0. The van der Waals surface area contributed by atoms with Gasteiger partial charge in [0.15, 0.2) is 0 Å². The highest BCUT2D eigenvalue weighted by Gasteiger charge is 2.21. The number of aromatic nitrogens is 1. The molecular weight excluding hydrogens is 372 g/mol.